The smallest absolute Gasteiger partial charge is 0.273 e. The zero-order valence-electron chi connectivity index (χ0n) is 20.3. The SMILES string of the molecule is Cc1ccc(-n2nc(C)c(C(=O)NC(C)CC(=O)Nc3cccc(N4CCCC4)c3)n2)c(C)c1. The van der Waals surface area contributed by atoms with Crippen LogP contribution in [0.3, 0.4) is 0 Å². The number of nitrogens with zero attached hydrogens (tertiary/aromatic N) is 4. The Morgan fingerprint density at radius 2 is 1.79 bits per heavy atom. The van der Waals surface area contributed by atoms with Gasteiger partial charge in [-0.3, -0.25) is 9.59 Å². The van der Waals surface area contributed by atoms with Gasteiger partial charge in [-0.25, -0.2) is 0 Å². The van der Waals surface area contributed by atoms with Crippen LogP contribution in [-0.2, 0) is 4.79 Å². The number of carbonyl (C=O) groups excluding carboxylic acids is 2. The predicted octanol–water partition coefficient (Wildman–Crippen LogP) is 3.94. The van der Waals surface area contributed by atoms with Crippen molar-refractivity contribution in [2.45, 2.75) is 53.0 Å². The first-order chi connectivity index (χ1) is 16.3. The van der Waals surface area contributed by atoms with E-state index in [1.54, 1.807) is 6.92 Å². The minimum absolute atomic E-state index is 0.151. The minimum Gasteiger partial charge on any atom is -0.371 e. The summed E-state index contributed by atoms with van der Waals surface area (Å²) in [4.78, 5) is 29.2. The van der Waals surface area contributed by atoms with Crippen molar-refractivity contribution < 1.29 is 9.59 Å². The first-order valence-electron chi connectivity index (χ1n) is 11.8. The molecule has 1 fully saturated rings. The molecular formula is C26H32N6O2. The van der Waals surface area contributed by atoms with Gasteiger partial charge in [0.15, 0.2) is 5.69 Å². The Hall–Kier alpha value is -3.68. The normalized spacial score (nSPS) is 14.2. The molecule has 1 atom stereocenters. The van der Waals surface area contributed by atoms with Gasteiger partial charge in [0, 0.05) is 36.9 Å². The molecule has 0 saturated carbocycles. The topological polar surface area (TPSA) is 92.1 Å². The third kappa shape index (κ3) is 5.44. The molecule has 178 valence electrons. The van der Waals surface area contributed by atoms with E-state index in [1.165, 1.54) is 17.6 Å². The molecule has 2 N–H and O–H groups in total. The lowest BCUT2D eigenvalue weighted by molar-refractivity contribution is -0.116. The number of carbonyl (C=O) groups is 2. The molecule has 0 radical (unpaired) electrons. The van der Waals surface area contributed by atoms with Crippen LogP contribution in [-0.4, -0.2) is 45.9 Å². The summed E-state index contributed by atoms with van der Waals surface area (Å²) in [6.07, 6.45) is 2.56. The van der Waals surface area contributed by atoms with Gasteiger partial charge >= 0.3 is 0 Å². The number of anilines is 2. The van der Waals surface area contributed by atoms with E-state index in [0.29, 0.717) is 5.69 Å². The van der Waals surface area contributed by atoms with Crippen LogP contribution in [0.2, 0.25) is 0 Å². The summed E-state index contributed by atoms with van der Waals surface area (Å²) in [6.45, 7) is 9.68. The number of amides is 2. The number of aromatic nitrogens is 3. The van der Waals surface area contributed by atoms with Crippen LogP contribution < -0.4 is 15.5 Å². The van der Waals surface area contributed by atoms with Gasteiger partial charge in [0.2, 0.25) is 5.91 Å². The fourth-order valence-electron chi connectivity index (χ4n) is 4.32. The van der Waals surface area contributed by atoms with Gasteiger partial charge in [-0.05, 0) is 70.4 Å². The van der Waals surface area contributed by atoms with Crippen molar-refractivity contribution in [1.82, 2.24) is 20.3 Å². The van der Waals surface area contributed by atoms with Crippen LogP contribution in [0.5, 0.6) is 0 Å². The Balaban J connectivity index is 1.35. The van der Waals surface area contributed by atoms with E-state index in [4.69, 9.17) is 0 Å². The number of hydrogen-bond acceptors (Lipinski definition) is 5. The molecule has 1 aliphatic rings. The van der Waals surface area contributed by atoms with Crippen LogP contribution in [0.1, 0.15) is 53.5 Å². The van der Waals surface area contributed by atoms with Gasteiger partial charge in [0.05, 0.1) is 11.4 Å². The quantitative estimate of drug-likeness (QED) is 0.557. The van der Waals surface area contributed by atoms with Crippen LogP contribution in [0.4, 0.5) is 11.4 Å². The first kappa shape index (κ1) is 23.5. The molecule has 1 aliphatic heterocycles. The van der Waals surface area contributed by atoms with Crippen molar-refractivity contribution in [2.24, 2.45) is 0 Å². The van der Waals surface area contributed by atoms with Crippen molar-refractivity contribution >= 4 is 23.2 Å². The average molecular weight is 461 g/mol. The highest BCUT2D eigenvalue weighted by Crippen LogP contribution is 2.23. The fourth-order valence-corrected chi connectivity index (χ4v) is 4.32. The molecule has 34 heavy (non-hydrogen) atoms. The van der Waals surface area contributed by atoms with Crippen molar-refractivity contribution in [3.05, 3.63) is 65.0 Å². The molecule has 1 unspecified atom stereocenters. The lowest BCUT2D eigenvalue weighted by Crippen LogP contribution is -2.36. The number of hydrogen-bond donors (Lipinski definition) is 2. The summed E-state index contributed by atoms with van der Waals surface area (Å²) in [5.41, 5.74) is 5.69. The van der Waals surface area contributed by atoms with Crippen LogP contribution >= 0.6 is 0 Å². The maximum absolute atomic E-state index is 12.8. The summed E-state index contributed by atoms with van der Waals surface area (Å²) < 4.78 is 0. The predicted molar refractivity (Wildman–Crippen MR) is 134 cm³/mol. The summed E-state index contributed by atoms with van der Waals surface area (Å²) in [7, 11) is 0. The summed E-state index contributed by atoms with van der Waals surface area (Å²) >= 11 is 0. The third-order valence-corrected chi connectivity index (χ3v) is 6.04. The molecule has 2 aromatic carbocycles. The van der Waals surface area contributed by atoms with Crippen LogP contribution in [0, 0.1) is 20.8 Å². The van der Waals surface area contributed by atoms with Crippen molar-refractivity contribution in [3.63, 3.8) is 0 Å². The second-order valence-electron chi connectivity index (χ2n) is 9.08. The van der Waals surface area contributed by atoms with E-state index < -0.39 is 0 Å². The second kappa shape index (κ2) is 10.1. The first-order valence-corrected chi connectivity index (χ1v) is 11.8. The molecule has 0 aliphatic carbocycles. The highest BCUT2D eigenvalue weighted by atomic mass is 16.2. The van der Waals surface area contributed by atoms with Gasteiger partial charge in [0.25, 0.3) is 5.91 Å². The number of benzene rings is 2. The van der Waals surface area contributed by atoms with Crippen LogP contribution in [0.25, 0.3) is 5.69 Å². The van der Waals surface area contributed by atoms with Gasteiger partial charge in [-0.2, -0.15) is 9.90 Å². The molecule has 0 bridgehead atoms. The van der Waals surface area contributed by atoms with E-state index in [0.717, 1.165) is 41.3 Å². The molecule has 4 rings (SSSR count). The highest BCUT2D eigenvalue weighted by molar-refractivity contribution is 5.95. The molecule has 2 amide bonds. The Kier molecular flexibility index (Phi) is 6.95. The molecular weight excluding hydrogens is 428 g/mol. The monoisotopic (exact) mass is 460 g/mol. The largest absolute Gasteiger partial charge is 0.371 e. The van der Waals surface area contributed by atoms with Gasteiger partial charge < -0.3 is 15.5 Å². The Bertz CT molecular complexity index is 1200. The summed E-state index contributed by atoms with van der Waals surface area (Å²) in [6, 6.07) is 13.5. The van der Waals surface area contributed by atoms with E-state index in [-0.39, 0.29) is 30.0 Å². The molecule has 2 heterocycles. The van der Waals surface area contributed by atoms with E-state index >= 15 is 0 Å². The Morgan fingerprint density at radius 3 is 2.53 bits per heavy atom. The van der Waals surface area contributed by atoms with Crippen LogP contribution in [0.15, 0.2) is 42.5 Å². The van der Waals surface area contributed by atoms with Gasteiger partial charge in [0.1, 0.15) is 0 Å². The molecule has 1 aromatic heterocycles. The van der Waals surface area contributed by atoms with Gasteiger partial charge in [-0.15, -0.1) is 5.10 Å². The lowest BCUT2D eigenvalue weighted by atomic mass is 10.1. The molecule has 8 heteroatoms. The van der Waals surface area contributed by atoms with Crippen molar-refractivity contribution in [2.75, 3.05) is 23.3 Å². The summed E-state index contributed by atoms with van der Waals surface area (Å²) in [5, 5.41) is 14.6. The average Bonchev–Trinajstić information content (AvgIpc) is 3.44. The van der Waals surface area contributed by atoms with Crippen molar-refractivity contribution in [3.8, 4) is 5.69 Å². The number of aryl methyl sites for hydroxylation is 3. The van der Waals surface area contributed by atoms with Gasteiger partial charge in [-0.1, -0.05) is 23.8 Å². The summed E-state index contributed by atoms with van der Waals surface area (Å²) in [5.74, 6) is -0.494. The number of rotatable bonds is 7. The molecule has 1 saturated heterocycles. The fraction of sp³-hybridized carbons (Fsp3) is 0.385. The number of nitrogens with one attached hydrogen (secondary N) is 2. The zero-order valence-corrected chi connectivity index (χ0v) is 20.3. The maximum Gasteiger partial charge on any atom is 0.273 e. The second-order valence-corrected chi connectivity index (χ2v) is 9.08. The highest BCUT2D eigenvalue weighted by Gasteiger charge is 2.20. The van der Waals surface area contributed by atoms with Crippen molar-refractivity contribution in [1.29, 1.82) is 0 Å². The van der Waals surface area contributed by atoms with E-state index in [9.17, 15) is 9.59 Å². The minimum atomic E-state index is -0.361. The maximum atomic E-state index is 12.8. The lowest BCUT2D eigenvalue weighted by Gasteiger charge is -2.19. The standard InChI is InChI=1S/C26H32N6O2/c1-17-10-11-23(18(2)14-17)32-29-20(4)25(30-32)26(34)27-19(3)15-24(33)28-21-8-7-9-22(16-21)31-12-5-6-13-31/h7-11,14,16,19H,5-6,12-13,15H2,1-4H3,(H,27,34)(H,28,33). The molecule has 3 aromatic rings. The third-order valence-electron chi connectivity index (χ3n) is 6.04. The van der Waals surface area contributed by atoms with E-state index in [2.05, 4.69) is 37.9 Å². The molecule has 0 spiro atoms. The Morgan fingerprint density at radius 1 is 1.03 bits per heavy atom. The van der Waals surface area contributed by atoms with E-state index in [1.807, 2.05) is 51.1 Å². The molecule has 8 nitrogen and oxygen atoms in total. The zero-order chi connectivity index (χ0) is 24.2. The Labute approximate surface area is 200 Å².